The molecule has 0 saturated heterocycles. The summed E-state index contributed by atoms with van der Waals surface area (Å²) in [6.45, 7) is 0. The van der Waals surface area contributed by atoms with Crippen LogP contribution in [0, 0.1) is 11.3 Å². The molecule has 0 aliphatic rings. The van der Waals surface area contributed by atoms with Crippen LogP contribution in [0.4, 0.5) is 0 Å². The lowest BCUT2D eigenvalue weighted by Crippen LogP contribution is -2.22. The second-order valence-electron chi connectivity index (χ2n) is 5.24. The molecule has 2 aromatic carbocycles. The van der Waals surface area contributed by atoms with Crippen molar-refractivity contribution in [3.05, 3.63) is 71.3 Å². The molecule has 24 heavy (non-hydrogen) atoms. The molecule has 0 aliphatic heterocycles. The minimum atomic E-state index is -3.50. The zero-order valence-electron chi connectivity index (χ0n) is 13.3. The number of nitrogens with zero attached hydrogens (tertiary/aromatic N) is 2. The van der Waals surface area contributed by atoms with Gasteiger partial charge in [0.25, 0.3) is 0 Å². The van der Waals surface area contributed by atoms with E-state index in [4.69, 9.17) is 5.26 Å². The second kappa shape index (κ2) is 7.21. The fourth-order valence-electron chi connectivity index (χ4n) is 1.94. The smallest absolute Gasteiger partial charge is 0.242 e. The maximum Gasteiger partial charge on any atom is 0.242 e. The van der Waals surface area contributed by atoms with E-state index in [9.17, 15) is 13.2 Å². The average molecular weight is 340 g/mol. The molecule has 0 heterocycles. The van der Waals surface area contributed by atoms with Gasteiger partial charge in [-0.3, -0.25) is 4.79 Å². The molecular formula is C18H16N2O3S. The maximum atomic E-state index is 12.1. The molecule has 2 aromatic rings. The minimum absolute atomic E-state index is 0.139. The van der Waals surface area contributed by atoms with E-state index < -0.39 is 10.0 Å². The normalized spacial score (nSPS) is 11.6. The Hall–Kier alpha value is -2.75. The summed E-state index contributed by atoms with van der Waals surface area (Å²) in [6, 6.07) is 14.7. The van der Waals surface area contributed by atoms with Crippen molar-refractivity contribution >= 4 is 21.9 Å². The van der Waals surface area contributed by atoms with Crippen LogP contribution < -0.4 is 0 Å². The number of hydrogen-bond acceptors (Lipinski definition) is 4. The van der Waals surface area contributed by atoms with Gasteiger partial charge in [-0.05, 0) is 48.0 Å². The minimum Gasteiger partial charge on any atom is -0.289 e. The number of nitriles is 1. The van der Waals surface area contributed by atoms with Crippen LogP contribution >= 0.6 is 0 Å². The van der Waals surface area contributed by atoms with Gasteiger partial charge < -0.3 is 0 Å². The quantitative estimate of drug-likeness (QED) is 0.619. The Bertz CT molecular complexity index is 904. The monoisotopic (exact) mass is 340 g/mol. The zero-order valence-corrected chi connectivity index (χ0v) is 14.1. The van der Waals surface area contributed by atoms with Crippen molar-refractivity contribution in [2.75, 3.05) is 14.1 Å². The van der Waals surface area contributed by atoms with Gasteiger partial charge in [-0.1, -0.05) is 18.2 Å². The number of sulfonamides is 1. The Morgan fingerprint density at radius 1 is 1.04 bits per heavy atom. The van der Waals surface area contributed by atoms with E-state index >= 15 is 0 Å². The van der Waals surface area contributed by atoms with Crippen molar-refractivity contribution in [1.82, 2.24) is 4.31 Å². The van der Waals surface area contributed by atoms with Crippen molar-refractivity contribution in [1.29, 1.82) is 5.26 Å². The SMILES string of the molecule is CN(C)S(=O)(=O)c1ccc(C(=O)/C=C/c2ccc(C#N)cc2)cc1. The van der Waals surface area contributed by atoms with Gasteiger partial charge in [-0.2, -0.15) is 5.26 Å². The molecular weight excluding hydrogens is 324 g/mol. The summed E-state index contributed by atoms with van der Waals surface area (Å²) < 4.78 is 25.1. The van der Waals surface area contributed by atoms with Crippen molar-refractivity contribution in [3.8, 4) is 6.07 Å². The van der Waals surface area contributed by atoms with Crippen LogP contribution in [0.5, 0.6) is 0 Å². The summed E-state index contributed by atoms with van der Waals surface area (Å²) in [5.74, 6) is -0.229. The third-order valence-electron chi connectivity index (χ3n) is 3.38. The van der Waals surface area contributed by atoms with Crippen LogP contribution in [0.25, 0.3) is 6.08 Å². The third-order valence-corrected chi connectivity index (χ3v) is 5.21. The maximum absolute atomic E-state index is 12.1. The first-order chi connectivity index (χ1) is 11.3. The number of carbonyl (C=O) groups is 1. The van der Waals surface area contributed by atoms with E-state index in [1.54, 1.807) is 30.3 Å². The van der Waals surface area contributed by atoms with E-state index in [1.807, 2.05) is 6.07 Å². The summed E-state index contributed by atoms with van der Waals surface area (Å²) in [5.41, 5.74) is 1.75. The molecule has 0 aliphatic carbocycles. The van der Waals surface area contributed by atoms with E-state index in [1.165, 1.54) is 44.4 Å². The van der Waals surface area contributed by atoms with Crippen molar-refractivity contribution in [2.24, 2.45) is 0 Å². The fraction of sp³-hybridized carbons (Fsp3) is 0.111. The Labute approximate surface area is 141 Å². The van der Waals surface area contributed by atoms with E-state index in [0.717, 1.165) is 9.87 Å². The Kier molecular flexibility index (Phi) is 5.29. The molecule has 0 N–H and O–H groups in total. The van der Waals surface area contributed by atoms with Crippen molar-refractivity contribution in [3.63, 3.8) is 0 Å². The lowest BCUT2D eigenvalue weighted by Gasteiger charge is -2.11. The van der Waals surface area contributed by atoms with Crippen LogP contribution in [0.2, 0.25) is 0 Å². The molecule has 0 aromatic heterocycles. The number of rotatable bonds is 5. The van der Waals surface area contributed by atoms with Gasteiger partial charge >= 0.3 is 0 Å². The standard InChI is InChI=1S/C18H16N2O3S/c1-20(2)24(22,23)17-10-8-16(9-11-17)18(21)12-7-14-3-5-15(13-19)6-4-14/h3-12H,1-2H3/b12-7+. The van der Waals surface area contributed by atoms with Gasteiger partial charge in [-0.15, -0.1) is 0 Å². The lowest BCUT2D eigenvalue weighted by atomic mass is 10.1. The predicted octanol–water partition coefficient (Wildman–Crippen LogP) is 2.70. The van der Waals surface area contributed by atoms with Gasteiger partial charge in [0.1, 0.15) is 0 Å². The highest BCUT2D eigenvalue weighted by molar-refractivity contribution is 7.89. The summed E-state index contributed by atoms with van der Waals surface area (Å²) in [4.78, 5) is 12.3. The van der Waals surface area contributed by atoms with Gasteiger partial charge in [0.05, 0.1) is 16.5 Å². The second-order valence-corrected chi connectivity index (χ2v) is 7.40. The number of benzene rings is 2. The highest BCUT2D eigenvalue weighted by Crippen LogP contribution is 2.15. The molecule has 122 valence electrons. The summed E-state index contributed by atoms with van der Waals surface area (Å²) >= 11 is 0. The predicted molar refractivity (Wildman–Crippen MR) is 91.8 cm³/mol. The first kappa shape index (κ1) is 17.6. The zero-order chi connectivity index (χ0) is 17.7. The molecule has 0 atom stereocenters. The molecule has 0 saturated carbocycles. The molecule has 0 amide bonds. The van der Waals surface area contributed by atoms with Gasteiger partial charge in [0.2, 0.25) is 10.0 Å². The molecule has 0 bridgehead atoms. The number of carbonyl (C=O) groups excluding carboxylic acids is 1. The molecule has 0 radical (unpaired) electrons. The van der Waals surface area contributed by atoms with Gasteiger partial charge in [-0.25, -0.2) is 12.7 Å². The third kappa shape index (κ3) is 3.96. The lowest BCUT2D eigenvalue weighted by molar-refractivity contribution is 0.104. The first-order valence-electron chi connectivity index (χ1n) is 7.10. The highest BCUT2D eigenvalue weighted by Gasteiger charge is 2.17. The van der Waals surface area contributed by atoms with Gasteiger partial charge in [0, 0.05) is 19.7 Å². The summed E-state index contributed by atoms with van der Waals surface area (Å²) in [6.07, 6.45) is 3.06. The largest absolute Gasteiger partial charge is 0.289 e. The molecule has 0 unspecified atom stereocenters. The number of hydrogen-bond donors (Lipinski definition) is 0. The van der Waals surface area contributed by atoms with Crippen LogP contribution in [0.3, 0.4) is 0 Å². The van der Waals surface area contributed by atoms with Crippen LogP contribution in [-0.2, 0) is 10.0 Å². The molecule has 0 spiro atoms. The molecule has 6 heteroatoms. The van der Waals surface area contributed by atoms with Crippen molar-refractivity contribution in [2.45, 2.75) is 4.90 Å². The number of allylic oxidation sites excluding steroid dienone is 1. The molecule has 5 nitrogen and oxygen atoms in total. The summed E-state index contributed by atoms with van der Waals surface area (Å²) in [7, 11) is -0.597. The fourth-order valence-corrected chi connectivity index (χ4v) is 2.84. The van der Waals surface area contributed by atoms with Crippen LogP contribution in [0.1, 0.15) is 21.5 Å². The van der Waals surface area contributed by atoms with E-state index in [-0.39, 0.29) is 10.7 Å². The van der Waals surface area contributed by atoms with E-state index in [2.05, 4.69) is 0 Å². The van der Waals surface area contributed by atoms with Crippen molar-refractivity contribution < 1.29 is 13.2 Å². The van der Waals surface area contributed by atoms with Crippen LogP contribution in [-0.4, -0.2) is 32.6 Å². The van der Waals surface area contributed by atoms with Gasteiger partial charge in [0.15, 0.2) is 5.78 Å². The number of ketones is 1. The Morgan fingerprint density at radius 2 is 1.62 bits per heavy atom. The molecule has 2 rings (SSSR count). The van der Waals surface area contributed by atoms with Crippen LogP contribution in [0.15, 0.2) is 59.5 Å². The van der Waals surface area contributed by atoms with E-state index in [0.29, 0.717) is 11.1 Å². The Morgan fingerprint density at radius 3 is 2.12 bits per heavy atom. The Balaban J connectivity index is 2.15. The first-order valence-corrected chi connectivity index (χ1v) is 8.54. The highest BCUT2D eigenvalue weighted by atomic mass is 32.2. The average Bonchev–Trinajstić information content (AvgIpc) is 2.60. The topological polar surface area (TPSA) is 78.2 Å². The summed E-state index contributed by atoms with van der Waals surface area (Å²) in [5, 5.41) is 8.74. The molecule has 0 fully saturated rings.